The van der Waals surface area contributed by atoms with Crippen LogP contribution >= 0.6 is 0 Å². The molecule has 0 aliphatic carbocycles. The Labute approximate surface area is 83.1 Å². The number of benzene rings is 1. The minimum absolute atomic E-state index is 0.0381. The van der Waals surface area contributed by atoms with Crippen molar-refractivity contribution in [1.82, 2.24) is 5.32 Å². The lowest BCUT2D eigenvalue weighted by atomic mass is 10.1. The molecule has 0 atom stereocenters. The third kappa shape index (κ3) is 2.23. The van der Waals surface area contributed by atoms with Gasteiger partial charge in [0, 0.05) is 11.3 Å². The molecule has 3 N–H and O–H groups in total. The molecule has 1 aromatic rings. The Morgan fingerprint density at radius 2 is 2.29 bits per heavy atom. The highest BCUT2D eigenvalue weighted by atomic mass is 16.5. The number of nitrogens with one attached hydrogen (secondary N) is 1. The fourth-order valence-corrected chi connectivity index (χ4v) is 1.16. The van der Waals surface area contributed by atoms with Gasteiger partial charge in [-0.15, -0.1) is 0 Å². The minimum Gasteiger partial charge on any atom is -0.497 e. The Balaban J connectivity index is 2.99. The molecular weight excluding hydrogens is 180 g/mol. The van der Waals surface area contributed by atoms with Gasteiger partial charge in [0.15, 0.2) is 5.78 Å². The Kier molecular flexibility index (Phi) is 3.48. The monoisotopic (exact) mass is 194 g/mol. The second-order valence-electron chi connectivity index (χ2n) is 2.91. The third-order valence-corrected chi connectivity index (χ3v) is 1.90. The van der Waals surface area contributed by atoms with E-state index in [2.05, 4.69) is 5.32 Å². The standard InChI is InChI=1S/C10H14N2O2/c1-12-6-10(13)8-5-7(14-2)3-4-9(8)11/h3-5,12H,6,11H2,1-2H3. The van der Waals surface area contributed by atoms with E-state index in [1.54, 1.807) is 32.4 Å². The minimum atomic E-state index is -0.0381. The van der Waals surface area contributed by atoms with Gasteiger partial charge in [-0.3, -0.25) is 4.79 Å². The quantitative estimate of drug-likeness (QED) is 0.546. The molecular formula is C10H14N2O2. The van der Waals surface area contributed by atoms with Gasteiger partial charge in [0.25, 0.3) is 0 Å². The number of rotatable bonds is 4. The van der Waals surface area contributed by atoms with Crippen LogP contribution in [0, 0.1) is 0 Å². The molecule has 0 amide bonds. The van der Waals surface area contributed by atoms with Crippen molar-refractivity contribution in [2.24, 2.45) is 0 Å². The molecule has 1 aromatic carbocycles. The molecule has 0 bridgehead atoms. The van der Waals surface area contributed by atoms with Crippen LogP contribution in [0.15, 0.2) is 18.2 Å². The molecule has 0 fully saturated rings. The molecule has 0 unspecified atom stereocenters. The van der Waals surface area contributed by atoms with Crippen molar-refractivity contribution in [2.45, 2.75) is 0 Å². The number of hydrogen-bond donors (Lipinski definition) is 2. The number of carbonyl (C=O) groups excluding carboxylic acids is 1. The summed E-state index contributed by atoms with van der Waals surface area (Å²) in [6.45, 7) is 0.275. The molecule has 0 aliphatic heterocycles. The van der Waals surface area contributed by atoms with E-state index in [1.165, 1.54) is 0 Å². The maximum Gasteiger partial charge on any atom is 0.178 e. The van der Waals surface area contributed by atoms with Gasteiger partial charge in [-0.2, -0.15) is 0 Å². The SMILES string of the molecule is CNCC(=O)c1cc(OC)ccc1N. The van der Waals surface area contributed by atoms with Gasteiger partial charge in [-0.25, -0.2) is 0 Å². The molecule has 0 heterocycles. The zero-order valence-corrected chi connectivity index (χ0v) is 8.33. The molecule has 0 radical (unpaired) electrons. The van der Waals surface area contributed by atoms with Crippen LogP contribution in [0.1, 0.15) is 10.4 Å². The first-order valence-electron chi connectivity index (χ1n) is 4.30. The van der Waals surface area contributed by atoms with Crippen molar-refractivity contribution in [3.63, 3.8) is 0 Å². The van der Waals surface area contributed by atoms with Crippen molar-refractivity contribution >= 4 is 11.5 Å². The smallest absolute Gasteiger partial charge is 0.178 e. The summed E-state index contributed by atoms with van der Waals surface area (Å²) in [5.74, 6) is 0.600. The van der Waals surface area contributed by atoms with Crippen molar-refractivity contribution in [3.8, 4) is 5.75 Å². The maximum atomic E-state index is 11.5. The van der Waals surface area contributed by atoms with Gasteiger partial charge < -0.3 is 15.8 Å². The summed E-state index contributed by atoms with van der Waals surface area (Å²) >= 11 is 0. The van der Waals surface area contributed by atoms with Gasteiger partial charge in [-0.05, 0) is 25.2 Å². The molecule has 4 nitrogen and oxygen atoms in total. The van der Waals surface area contributed by atoms with E-state index < -0.39 is 0 Å². The van der Waals surface area contributed by atoms with Gasteiger partial charge >= 0.3 is 0 Å². The summed E-state index contributed by atoms with van der Waals surface area (Å²) in [5, 5.41) is 2.78. The van der Waals surface area contributed by atoms with Crippen LogP contribution in [-0.2, 0) is 0 Å². The summed E-state index contributed by atoms with van der Waals surface area (Å²) in [7, 11) is 3.27. The van der Waals surface area contributed by atoms with Crippen LogP contribution in [0.4, 0.5) is 5.69 Å². The molecule has 0 aromatic heterocycles. The van der Waals surface area contributed by atoms with Crippen molar-refractivity contribution in [1.29, 1.82) is 0 Å². The van der Waals surface area contributed by atoms with E-state index in [0.717, 1.165) is 0 Å². The van der Waals surface area contributed by atoms with Crippen LogP contribution in [-0.4, -0.2) is 26.5 Å². The van der Waals surface area contributed by atoms with Gasteiger partial charge in [-0.1, -0.05) is 0 Å². The largest absolute Gasteiger partial charge is 0.497 e. The fraction of sp³-hybridized carbons (Fsp3) is 0.300. The summed E-state index contributed by atoms with van der Waals surface area (Å²) in [4.78, 5) is 11.5. The van der Waals surface area contributed by atoms with E-state index in [4.69, 9.17) is 10.5 Å². The first-order chi connectivity index (χ1) is 6.69. The molecule has 0 saturated heterocycles. The van der Waals surface area contributed by atoms with E-state index in [0.29, 0.717) is 17.0 Å². The van der Waals surface area contributed by atoms with Gasteiger partial charge in [0.1, 0.15) is 5.75 Å². The Bertz CT molecular complexity index is 337. The van der Waals surface area contributed by atoms with E-state index in [-0.39, 0.29) is 12.3 Å². The van der Waals surface area contributed by atoms with Crippen LogP contribution in [0.3, 0.4) is 0 Å². The molecule has 1 rings (SSSR count). The van der Waals surface area contributed by atoms with Crippen LogP contribution in [0.5, 0.6) is 5.75 Å². The number of carbonyl (C=O) groups is 1. The van der Waals surface area contributed by atoms with Crippen LogP contribution in [0.25, 0.3) is 0 Å². The predicted molar refractivity (Wildman–Crippen MR) is 55.7 cm³/mol. The number of hydrogen-bond acceptors (Lipinski definition) is 4. The number of likely N-dealkylation sites (N-methyl/N-ethyl adjacent to an activating group) is 1. The second-order valence-corrected chi connectivity index (χ2v) is 2.91. The Hall–Kier alpha value is -1.55. The number of nitrogens with two attached hydrogens (primary N) is 1. The number of ketones is 1. The molecule has 0 saturated carbocycles. The van der Waals surface area contributed by atoms with E-state index >= 15 is 0 Å². The summed E-state index contributed by atoms with van der Waals surface area (Å²) in [5.41, 5.74) is 6.65. The normalized spacial score (nSPS) is 9.86. The van der Waals surface area contributed by atoms with Crippen molar-refractivity contribution in [2.75, 3.05) is 26.4 Å². The number of Topliss-reactive ketones (excluding diaryl/α,β-unsaturated/α-hetero) is 1. The molecule has 14 heavy (non-hydrogen) atoms. The lowest BCUT2D eigenvalue weighted by Crippen LogP contribution is -2.19. The average molecular weight is 194 g/mol. The van der Waals surface area contributed by atoms with Crippen molar-refractivity contribution < 1.29 is 9.53 Å². The fourth-order valence-electron chi connectivity index (χ4n) is 1.16. The third-order valence-electron chi connectivity index (χ3n) is 1.90. The van der Waals surface area contributed by atoms with Crippen LogP contribution < -0.4 is 15.8 Å². The Morgan fingerprint density at radius 3 is 2.86 bits per heavy atom. The van der Waals surface area contributed by atoms with E-state index in [1.807, 2.05) is 0 Å². The number of methoxy groups -OCH3 is 1. The molecule has 76 valence electrons. The van der Waals surface area contributed by atoms with Crippen LogP contribution in [0.2, 0.25) is 0 Å². The number of nitrogen functional groups attached to an aromatic ring is 1. The zero-order valence-electron chi connectivity index (χ0n) is 8.33. The van der Waals surface area contributed by atoms with Crippen molar-refractivity contribution in [3.05, 3.63) is 23.8 Å². The molecule has 0 aliphatic rings. The first-order valence-corrected chi connectivity index (χ1v) is 4.30. The van der Waals surface area contributed by atoms with Gasteiger partial charge in [0.05, 0.1) is 13.7 Å². The Morgan fingerprint density at radius 1 is 1.57 bits per heavy atom. The maximum absolute atomic E-state index is 11.5. The molecule has 0 spiro atoms. The highest BCUT2D eigenvalue weighted by Crippen LogP contribution is 2.19. The summed E-state index contributed by atoms with van der Waals surface area (Å²) in [6.07, 6.45) is 0. The number of ether oxygens (including phenoxy) is 1. The number of anilines is 1. The zero-order chi connectivity index (χ0) is 10.6. The summed E-state index contributed by atoms with van der Waals surface area (Å²) < 4.78 is 5.01. The highest BCUT2D eigenvalue weighted by molar-refractivity contribution is 6.02. The predicted octanol–water partition coefficient (Wildman–Crippen LogP) is 0.680. The lowest BCUT2D eigenvalue weighted by molar-refractivity contribution is 0.0994. The highest BCUT2D eigenvalue weighted by Gasteiger charge is 2.09. The first kappa shape index (κ1) is 10.5. The topological polar surface area (TPSA) is 64.3 Å². The second kappa shape index (κ2) is 4.62. The van der Waals surface area contributed by atoms with E-state index in [9.17, 15) is 4.79 Å². The summed E-state index contributed by atoms with van der Waals surface area (Å²) in [6, 6.07) is 5.04. The van der Waals surface area contributed by atoms with Gasteiger partial charge in [0.2, 0.25) is 0 Å². The molecule has 4 heteroatoms. The average Bonchev–Trinajstić information content (AvgIpc) is 2.19. The lowest BCUT2D eigenvalue weighted by Gasteiger charge is -2.06.